The highest BCUT2D eigenvalue weighted by molar-refractivity contribution is 7.92. The van der Waals surface area contributed by atoms with Gasteiger partial charge in [0.2, 0.25) is 10.0 Å². The fourth-order valence-electron chi connectivity index (χ4n) is 2.01. The van der Waals surface area contributed by atoms with Gasteiger partial charge in [0.05, 0.1) is 17.8 Å². The van der Waals surface area contributed by atoms with Crippen molar-refractivity contribution in [3.63, 3.8) is 0 Å². The molecule has 0 bridgehead atoms. The van der Waals surface area contributed by atoms with Crippen molar-refractivity contribution in [2.24, 2.45) is 0 Å². The van der Waals surface area contributed by atoms with E-state index in [0.29, 0.717) is 0 Å². The van der Waals surface area contributed by atoms with Crippen LogP contribution in [0.25, 0.3) is 0 Å². The largest absolute Gasteiger partial charge is 0.495 e. The average Bonchev–Trinajstić information content (AvgIpc) is 2.54. The average molecular weight is 405 g/mol. The van der Waals surface area contributed by atoms with Gasteiger partial charge < -0.3 is 4.74 Å². The standard InChI is InChI=1S/C15H17ClN2O5S2/c1-18(2)25(21,22)15-10-11(8-9-13(15)23-3)17-24(19,20)14-7-5-4-6-12(14)16/h4-10,17H,1-3H3. The maximum absolute atomic E-state index is 12.5. The Hall–Kier alpha value is -1.81. The molecule has 10 heteroatoms. The third-order valence-corrected chi connectivity index (χ3v) is 7.02. The first-order valence-electron chi connectivity index (χ1n) is 6.97. The van der Waals surface area contributed by atoms with Crippen molar-refractivity contribution in [3.8, 4) is 5.75 Å². The molecule has 0 saturated carbocycles. The molecule has 0 atom stereocenters. The summed E-state index contributed by atoms with van der Waals surface area (Å²) in [5.74, 6) is 0.106. The van der Waals surface area contributed by atoms with Crippen molar-refractivity contribution >= 4 is 37.3 Å². The van der Waals surface area contributed by atoms with Crippen molar-refractivity contribution in [2.45, 2.75) is 9.79 Å². The molecule has 25 heavy (non-hydrogen) atoms. The molecule has 1 N–H and O–H groups in total. The van der Waals surface area contributed by atoms with E-state index in [1.165, 1.54) is 57.6 Å². The van der Waals surface area contributed by atoms with Gasteiger partial charge in [-0.25, -0.2) is 21.1 Å². The molecule has 0 fully saturated rings. The lowest BCUT2D eigenvalue weighted by molar-refractivity contribution is 0.400. The second-order valence-electron chi connectivity index (χ2n) is 5.19. The van der Waals surface area contributed by atoms with Crippen LogP contribution in [0.2, 0.25) is 5.02 Å². The van der Waals surface area contributed by atoms with Crippen molar-refractivity contribution in [1.82, 2.24) is 4.31 Å². The number of hydrogen-bond donors (Lipinski definition) is 1. The van der Waals surface area contributed by atoms with E-state index in [2.05, 4.69) is 4.72 Å². The van der Waals surface area contributed by atoms with Gasteiger partial charge in [-0.1, -0.05) is 23.7 Å². The zero-order valence-corrected chi connectivity index (χ0v) is 16.1. The van der Waals surface area contributed by atoms with Gasteiger partial charge in [0.1, 0.15) is 15.5 Å². The van der Waals surface area contributed by atoms with Crippen LogP contribution in [0.5, 0.6) is 5.75 Å². The molecule has 0 aliphatic carbocycles. The van der Waals surface area contributed by atoms with Crippen molar-refractivity contribution in [2.75, 3.05) is 25.9 Å². The number of nitrogens with zero attached hydrogens (tertiary/aromatic N) is 1. The highest BCUT2D eigenvalue weighted by Gasteiger charge is 2.24. The van der Waals surface area contributed by atoms with Gasteiger partial charge in [0.15, 0.2) is 0 Å². The zero-order valence-electron chi connectivity index (χ0n) is 13.7. The smallest absolute Gasteiger partial charge is 0.263 e. The van der Waals surface area contributed by atoms with E-state index in [9.17, 15) is 16.8 Å². The second kappa shape index (κ2) is 7.20. The van der Waals surface area contributed by atoms with Crippen molar-refractivity contribution in [3.05, 3.63) is 47.5 Å². The minimum atomic E-state index is -3.98. The molecular formula is C15H17ClN2O5S2. The zero-order chi connectivity index (χ0) is 18.8. The second-order valence-corrected chi connectivity index (χ2v) is 9.37. The van der Waals surface area contributed by atoms with Gasteiger partial charge in [-0.05, 0) is 30.3 Å². The van der Waals surface area contributed by atoms with Gasteiger partial charge >= 0.3 is 0 Å². The molecular weight excluding hydrogens is 388 g/mol. The van der Waals surface area contributed by atoms with Crippen LogP contribution < -0.4 is 9.46 Å². The summed E-state index contributed by atoms with van der Waals surface area (Å²) >= 11 is 5.93. The molecule has 7 nitrogen and oxygen atoms in total. The van der Waals surface area contributed by atoms with E-state index >= 15 is 0 Å². The van der Waals surface area contributed by atoms with Gasteiger partial charge in [0.25, 0.3) is 10.0 Å². The van der Waals surface area contributed by atoms with Gasteiger partial charge in [0, 0.05) is 14.1 Å². The molecule has 0 spiro atoms. The highest BCUT2D eigenvalue weighted by Crippen LogP contribution is 2.30. The molecule has 2 aromatic carbocycles. The Kier molecular flexibility index (Phi) is 5.62. The first-order valence-corrected chi connectivity index (χ1v) is 10.3. The number of hydrogen-bond acceptors (Lipinski definition) is 5. The van der Waals surface area contributed by atoms with Crippen LogP contribution in [0.4, 0.5) is 5.69 Å². The van der Waals surface area contributed by atoms with Crippen LogP contribution in [0, 0.1) is 0 Å². The van der Waals surface area contributed by atoms with E-state index in [1.807, 2.05) is 0 Å². The number of anilines is 1. The van der Waals surface area contributed by atoms with E-state index in [0.717, 1.165) is 4.31 Å². The first-order chi connectivity index (χ1) is 11.6. The summed E-state index contributed by atoms with van der Waals surface area (Å²) in [5, 5.41) is 0.0599. The van der Waals surface area contributed by atoms with Crippen LogP contribution in [-0.4, -0.2) is 42.3 Å². The predicted octanol–water partition coefficient (Wildman–Crippen LogP) is 2.40. The van der Waals surface area contributed by atoms with Crippen molar-refractivity contribution < 1.29 is 21.6 Å². The minimum absolute atomic E-state index is 0.0599. The molecule has 0 aliphatic heterocycles. The quantitative estimate of drug-likeness (QED) is 0.797. The molecule has 2 rings (SSSR count). The first kappa shape index (κ1) is 19.5. The third kappa shape index (κ3) is 4.06. The summed E-state index contributed by atoms with van der Waals surface area (Å²) in [5.41, 5.74) is 0.0705. The maximum atomic E-state index is 12.5. The van der Waals surface area contributed by atoms with Crippen LogP contribution in [0.15, 0.2) is 52.3 Å². The molecule has 0 aliphatic rings. The Labute approximate surface area is 152 Å². The molecule has 0 aromatic heterocycles. The summed E-state index contributed by atoms with van der Waals surface area (Å²) in [6.45, 7) is 0. The third-order valence-electron chi connectivity index (χ3n) is 3.30. The van der Waals surface area contributed by atoms with Crippen LogP contribution in [-0.2, 0) is 20.0 Å². The Morgan fingerprint density at radius 1 is 1.00 bits per heavy atom. The summed E-state index contributed by atoms with van der Waals surface area (Å²) in [6.07, 6.45) is 0. The fraction of sp³-hybridized carbons (Fsp3) is 0.200. The molecule has 0 radical (unpaired) electrons. The molecule has 136 valence electrons. The lowest BCUT2D eigenvalue weighted by Gasteiger charge is -2.16. The number of ether oxygens (including phenoxy) is 1. The lowest BCUT2D eigenvalue weighted by Crippen LogP contribution is -2.23. The monoisotopic (exact) mass is 404 g/mol. The summed E-state index contributed by atoms with van der Waals surface area (Å²) in [6, 6.07) is 9.93. The SMILES string of the molecule is COc1ccc(NS(=O)(=O)c2ccccc2Cl)cc1S(=O)(=O)N(C)C. The number of methoxy groups -OCH3 is 1. The topological polar surface area (TPSA) is 92.8 Å². The Bertz CT molecular complexity index is 989. The molecule has 0 saturated heterocycles. The van der Waals surface area contributed by atoms with Crippen LogP contribution >= 0.6 is 11.6 Å². The van der Waals surface area contributed by atoms with E-state index in [1.54, 1.807) is 6.07 Å². The number of sulfonamides is 2. The molecule has 0 heterocycles. The summed E-state index contributed by atoms with van der Waals surface area (Å²) in [7, 11) is -3.73. The molecule has 0 amide bonds. The van der Waals surface area contributed by atoms with Crippen LogP contribution in [0.1, 0.15) is 0 Å². The number of nitrogens with one attached hydrogen (secondary N) is 1. The maximum Gasteiger partial charge on any atom is 0.263 e. The Morgan fingerprint density at radius 3 is 2.20 bits per heavy atom. The van der Waals surface area contributed by atoms with Gasteiger partial charge in [-0.15, -0.1) is 0 Å². The van der Waals surface area contributed by atoms with Crippen molar-refractivity contribution in [1.29, 1.82) is 0 Å². The van der Waals surface area contributed by atoms with Crippen LogP contribution in [0.3, 0.4) is 0 Å². The Balaban J connectivity index is 2.50. The fourth-order valence-corrected chi connectivity index (χ4v) is 4.66. The Morgan fingerprint density at radius 2 is 1.64 bits per heavy atom. The predicted molar refractivity (Wildman–Crippen MR) is 96.1 cm³/mol. The number of rotatable bonds is 6. The lowest BCUT2D eigenvalue weighted by atomic mass is 10.3. The van der Waals surface area contributed by atoms with E-state index < -0.39 is 20.0 Å². The number of benzene rings is 2. The number of halogens is 1. The highest BCUT2D eigenvalue weighted by atomic mass is 35.5. The summed E-state index contributed by atoms with van der Waals surface area (Å²) < 4.78 is 58.2. The summed E-state index contributed by atoms with van der Waals surface area (Å²) in [4.78, 5) is -0.260. The van der Waals surface area contributed by atoms with E-state index in [-0.39, 0.29) is 26.3 Å². The molecule has 2 aromatic rings. The normalized spacial score (nSPS) is 12.2. The molecule has 0 unspecified atom stereocenters. The van der Waals surface area contributed by atoms with E-state index in [4.69, 9.17) is 16.3 Å². The minimum Gasteiger partial charge on any atom is -0.495 e. The van der Waals surface area contributed by atoms with Gasteiger partial charge in [-0.2, -0.15) is 0 Å². The van der Waals surface area contributed by atoms with Gasteiger partial charge in [-0.3, -0.25) is 4.72 Å².